The quantitative estimate of drug-likeness (QED) is 0.611. The van der Waals surface area contributed by atoms with Gasteiger partial charge in [0.05, 0.1) is 30.5 Å². The van der Waals surface area contributed by atoms with Crippen molar-refractivity contribution in [2.24, 2.45) is 4.99 Å². The molecule has 126 valence electrons. The molecular formula is C16H22ClN3O3. The molecule has 1 aliphatic heterocycles. The second-order valence-electron chi connectivity index (χ2n) is 5.11. The number of nitrogens with zero attached hydrogens (tertiary/aromatic N) is 2. The number of nitrogens with one attached hydrogen (secondary N) is 1. The van der Waals surface area contributed by atoms with Crippen LogP contribution in [-0.2, 0) is 14.4 Å². The standard InChI is InChI=1S/C16H22ClN3O3/c1-3-22-14(21)8-5-11-23-20-10-9-18-16(20)19-15-12(2)6-4-7-13(15)17/h4,6-7H,3,5,8-11H2,1-2H3,(H,18,19). The van der Waals surface area contributed by atoms with Crippen LogP contribution in [0.2, 0.25) is 5.02 Å². The number of aliphatic imine (C=N–C) groups is 1. The van der Waals surface area contributed by atoms with Gasteiger partial charge in [-0.1, -0.05) is 23.7 Å². The molecule has 1 N–H and O–H groups in total. The molecule has 0 spiro atoms. The monoisotopic (exact) mass is 339 g/mol. The van der Waals surface area contributed by atoms with Crippen molar-refractivity contribution in [3.63, 3.8) is 0 Å². The van der Waals surface area contributed by atoms with Crippen molar-refractivity contribution >= 4 is 29.2 Å². The summed E-state index contributed by atoms with van der Waals surface area (Å²) in [6.07, 6.45) is 0.957. The predicted molar refractivity (Wildman–Crippen MR) is 89.8 cm³/mol. The number of ether oxygens (including phenoxy) is 1. The molecule has 1 aromatic carbocycles. The lowest BCUT2D eigenvalue weighted by Crippen LogP contribution is -2.30. The highest BCUT2D eigenvalue weighted by molar-refractivity contribution is 6.33. The van der Waals surface area contributed by atoms with E-state index in [0.29, 0.717) is 43.6 Å². The number of guanidine groups is 1. The maximum Gasteiger partial charge on any atom is 0.305 e. The van der Waals surface area contributed by atoms with E-state index in [1.807, 2.05) is 25.1 Å². The number of esters is 1. The van der Waals surface area contributed by atoms with E-state index in [4.69, 9.17) is 21.2 Å². The number of carbonyl (C=O) groups is 1. The van der Waals surface area contributed by atoms with Crippen LogP contribution in [0.1, 0.15) is 25.3 Å². The summed E-state index contributed by atoms with van der Waals surface area (Å²) in [5.41, 5.74) is 1.74. The molecule has 6 nitrogen and oxygen atoms in total. The van der Waals surface area contributed by atoms with Gasteiger partial charge in [0.1, 0.15) is 0 Å². The third-order valence-electron chi connectivity index (χ3n) is 3.32. The predicted octanol–water partition coefficient (Wildman–Crippen LogP) is 2.82. The van der Waals surface area contributed by atoms with Crippen LogP contribution in [0.25, 0.3) is 0 Å². The molecule has 1 aromatic rings. The number of rotatable bonds is 7. The summed E-state index contributed by atoms with van der Waals surface area (Å²) in [7, 11) is 0. The normalized spacial score (nSPS) is 15.8. The van der Waals surface area contributed by atoms with Gasteiger partial charge in [0, 0.05) is 13.0 Å². The van der Waals surface area contributed by atoms with Gasteiger partial charge in [-0.2, -0.15) is 0 Å². The topological polar surface area (TPSA) is 63.2 Å². The fraction of sp³-hybridized carbons (Fsp3) is 0.500. The summed E-state index contributed by atoms with van der Waals surface area (Å²) < 4.78 is 4.88. The maximum atomic E-state index is 11.3. The molecular weight excluding hydrogens is 318 g/mol. The Morgan fingerprint density at radius 3 is 3.04 bits per heavy atom. The Balaban J connectivity index is 1.90. The van der Waals surface area contributed by atoms with Crippen LogP contribution in [0.15, 0.2) is 23.2 Å². The van der Waals surface area contributed by atoms with Crippen LogP contribution >= 0.6 is 11.6 Å². The first-order valence-corrected chi connectivity index (χ1v) is 8.13. The highest BCUT2D eigenvalue weighted by Crippen LogP contribution is 2.28. The van der Waals surface area contributed by atoms with Crippen molar-refractivity contribution in [1.82, 2.24) is 10.4 Å². The summed E-state index contributed by atoms with van der Waals surface area (Å²) >= 11 is 6.20. The highest BCUT2D eigenvalue weighted by atomic mass is 35.5. The lowest BCUT2D eigenvalue weighted by molar-refractivity contribution is -0.144. The Labute approximate surface area is 141 Å². The zero-order valence-corrected chi connectivity index (χ0v) is 14.2. The Morgan fingerprint density at radius 1 is 1.48 bits per heavy atom. The SMILES string of the molecule is CCOC(=O)CCCON1CCN/C1=N\c1c(C)cccc1Cl. The Morgan fingerprint density at radius 2 is 2.30 bits per heavy atom. The first-order chi connectivity index (χ1) is 11.1. The number of hydroxylamine groups is 2. The van der Waals surface area contributed by atoms with Gasteiger partial charge in [-0.05, 0) is 31.9 Å². The number of aryl methyl sites for hydroxylation is 1. The minimum atomic E-state index is -0.198. The molecule has 0 aliphatic carbocycles. The summed E-state index contributed by atoms with van der Waals surface area (Å²) in [6.45, 7) is 6.04. The van der Waals surface area contributed by atoms with Gasteiger partial charge in [-0.3, -0.25) is 9.63 Å². The van der Waals surface area contributed by atoms with Crippen molar-refractivity contribution in [3.05, 3.63) is 28.8 Å². The number of para-hydroxylation sites is 1. The van der Waals surface area contributed by atoms with E-state index in [1.54, 1.807) is 12.0 Å². The first-order valence-electron chi connectivity index (χ1n) is 7.75. The average Bonchev–Trinajstić information content (AvgIpc) is 2.95. The van der Waals surface area contributed by atoms with E-state index in [0.717, 1.165) is 17.8 Å². The average molecular weight is 340 g/mol. The van der Waals surface area contributed by atoms with Crippen molar-refractivity contribution in [3.8, 4) is 0 Å². The third kappa shape index (κ3) is 5.11. The van der Waals surface area contributed by atoms with Gasteiger partial charge < -0.3 is 10.1 Å². The molecule has 1 saturated heterocycles. The second kappa shape index (κ2) is 8.74. The molecule has 23 heavy (non-hydrogen) atoms. The Kier molecular flexibility index (Phi) is 6.67. The Hall–Kier alpha value is -1.79. The molecule has 2 rings (SSSR count). The smallest absolute Gasteiger partial charge is 0.305 e. The number of carbonyl (C=O) groups excluding carboxylic acids is 1. The van der Waals surface area contributed by atoms with Crippen LogP contribution in [0, 0.1) is 6.92 Å². The zero-order chi connectivity index (χ0) is 16.7. The van der Waals surface area contributed by atoms with Gasteiger partial charge >= 0.3 is 5.97 Å². The van der Waals surface area contributed by atoms with E-state index in [1.165, 1.54) is 0 Å². The minimum absolute atomic E-state index is 0.198. The zero-order valence-electron chi connectivity index (χ0n) is 13.5. The number of hydrogen-bond donors (Lipinski definition) is 1. The van der Waals surface area contributed by atoms with Crippen LogP contribution in [-0.4, -0.2) is 43.3 Å². The van der Waals surface area contributed by atoms with Gasteiger partial charge in [0.2, 0.25) is 5.96 Å². The van der Waals surface area contributed by atoms with Crippen molar-refractivity contribution < 1.29 is 14.4 Å². The van der Waals surface area contributed by atoms with Crippen molar-refractivity contribution in [2.75, 3.05) is 26.3 Å². The second-order valence-corrected chi connectivity index (χ2v) is 5.52. The number of benzene rings is 1. The van der Waals surface area contributed by atoms with Crippen LogP contribution in [0.4, 0.5) is 5.69 Å². The minimum Gasteiger partial charge on any atom is -0.466 e. The van der Waals surface area contributed by atoms with E-state index in [-0.39, 0.29) is 5.97 Å². The van der Waals surface area contributed by atoms with Gasteiger partial charge in [0.15, 0.2) is 0 Å². The van der Waals surface area contributed by atoms with Crippen LogP contribution in [0.5, 0.6) is 0 Å². The van der Waals surface area contributed by atoms with E-state index in [9.17, 15) is 4.79 Å². The fourth-order valence-corrected chi connectivity index (χ4v) is 2.44. The van der Waals surface area contributed by atoms with Gasteiger partial charge in [-0.15, -0.1) is 0 Å². The van der Waals surface area contributed by atoms with Crippen LogP contribution < -0.4 is 5.32 Å². The summed E-state index contributed by atoms with van der Waals surface area (Å²) in [4.78, 5) is 21.5. The molecule has 0 saturated carbocycles. The first kappa shape index (κ1) is 17.6. The summed E-state index contributed by atoms with van der Waals surface area (Å²) in [6, 6.07) is 5.67. The molecule has 1 aliphatic rings. The molecule has 0 aromatic heterocycles. The molecule has 1 heterocycles. The Bertz CT molecular complexity index is 557. The van der Waals surface area contributed by atoms with E-state index >= 15 is 0 Å². The van der Waals surface area contributed by atoms with Gasteiger partial charge in [-0.25, -0.2) is 10.1 Å². The largest absolute Gasteiger partial charge is 0.466 e. The fourth-order valence-electron chi connectivity index (χ4n) is 2.18. The summed E-state index contributed by atoms with van der Waals surface area (Å²) in [5.74, 6) is 0.438. The highest BCUT2D eigenvalue weighted by Gasteiger charge is 2.20. The third-order valence-corrected chi connectivity index (χ3v) is 3.62. The van der Waals surface area contributed by atoms with Crippen molar-refractivity contribution in [2.45, 2.75) is 26.7 Å². The molecule has 0 atom stereocenters. The van der Waals surface area contributed by atoms with Gasteiger partial charge in [0.25, 0.3) is 0 Å². The number of hydrogen-bond acceptors (Lipinski definition) is 4. The lowest BCUT2D eigenvalue weighted by Gasteiger charge is -2.17. The number of halogens is 1. The van der Waals surface area contributed by atoms with E-state index in [2.05, 4.69) is 10.3 Å². The molecule has 7 heteroatoms. The maximum absolute atomic E-state index is 11.3. The molecule has 0 radical (unpaired) electrons. The van der Waals surface area contributed by atoms with E-state index < -0.39 is 0 Å². The van der Waals surface area contributed by atoms with Crippen molar-refractivity contribution in [1.29, 1.82) is 0 Å². The molecule has 0 unspecified atom stereocenters. The lowest BCUT2D eigenvalue weighted by atomic mass is 10.2. The molecule has 0 amide bonds. The summed E-state index contributed by atoms with van der Waals surface area (Å²) in [5, 5.41) is 5.49. The van der Waals surface area contributed by atoms with Crippen LogP contribution in [0.3, 0.4) is 0 Å². The molecule has 1 fully saturated rings. The molecule has 0 bridgehead atoms.